The zero-order chi connectivity index (χ0) is 34.8. The second kappa shape index (κ2) is 33.9. The Morgan fingerprint density at radius 3 is 1.10 bits per heavy atom. The van der Waals surface area contributed by atoms with Crippen molar-refractivity contribution in [1.29, 1.82) is 0 Å². The molecule has 5 heteroatoms. The first-order valence-electron chi connectivity index (χ1n) is 20.9. The predicted octanol–water partition coefficient (Wildman–Crippen LogP) is 12.3. The molecule has 5 nitrogen and oxygen atoms in total. The van der Waals surface area contributed by atoms with Crippen molar-refractivity contribution in [2.75, 3.05) is 33.4 Å². The highest BCUT2D eigenvalue weighted by molar-refractivity contribution is 5.69. The van der Waals surface area contributed by atoms with Gasteiger partial charge >= 0.3 is 11.9 Å². The zero-order valence-corrected chi connectivity index (χ0v) is 32.2. The lowest BCUT2D eigenvalue weighted by Gasteiger charge is -2.18. The van der Waals surface area contributed by atoms with Gasteiger partial charge in [0.1, 0.15) is 0 Å². The Hall–Kier alpha value is -1.62. The largest absolute Gasteiger partial charge is 0.465 e. The smallest absolute Gasteiger partial charge is 0.305 e. The molecule has 0 N–H and O–H groups in total. The number of likely N-dealkylation sites (tertiary alicyclic amines) is 1. The number of allylic oxidation sites excluding steroid dienone is 4. The molecule has 0 bridgehead atoms. The maximum atomic E-state index is 12.4. The van der Waals surface area contributed by atoms with Gasteiger partial charge in [-0.3, -0.25) is 9.59 Å². The molecule has 2 atom stereocenters. The van der Waals surface area contributed by atoms with E-state index in [2.05, 4.69) is 50.1 Å². The van der Waals surface area contributed by atoms with E-state index < -0.39 is 0 Å². The van der Waals surface area contributed by atoms with E-state index in [0.29, 0.717) is 26.1 Å². The summed E-state index contributed by atoms with van der Waals surface area (Å²) in [5.74, 6) is 0.311. The van der Waals surface area contributed by atoms with Gasteiger partial charge in [0.05, 0.1) is 13.2 Å². The number of hydrogen-bond donors (Lipinski definition) is 0. The standard InChI is InChI=1S/C43H79NO4/c1-4-6-8-10-12-14-16-18-20-22-24-26-28-30-32-34-42(45)47-38-40-36-44(3)37-41(40)39-48-43(46)35-33-31-29-27-25-23-21-19-17-15-13-11-9-7-5-2/h18-21,40-41H,4-17,22-39H2,1-3H3. The fourth-order valence-corrected chi connectivity index (χ4v) is 6.78. The van der Waals surface area contributed by atoms with Crippen molar-refractivity contribution < 1.29 is 19.1 Å². The van der Waals surface area contributed by atoms with Crippen molar-refractivity contribution >= 4 is 11.9 Å². The average Bonchev–Trinajstić information content (AvgIpc) is 3.45. The number of nitrogens with zero attached hydrogens (tertiary/aromatic N) is 1. The van der Waals surface area contributed by atoms with Crippen LogP contribution in [-0.2, 0) is 19.1 Å². The first kappa shape index (κ1) is 44.4. The van der Waals surface area contributed by atoms with E-state index in [1.165, 1.54) is 141 Å². The maximum absolute atomic E-state index is 12.4. The maximum Gasteiger partial charge on any atom is 0.305 e. The molecule has 1 aliphatic rings. The van der Waals surface area contributed by atoms with Gasteiger partial charge in [0.25, 0.3) is 0 Å². The van der Waals surface area contributed by atoms with E-state index in [4.69, 9.17) is 9.47 Å². The van der Waals surface area contributed by atoms with Gasteiger partial charge in [-0.05, 0) is 71.3 Å². The van der Waals surface area contributed by atoms with Crippen molar-refractivity contribution in [3.8, 4) is 0 Å². The Balaban J connectivity index is 1.98. The number of carbonyl (C=O) groups excluding carboxylic acids is 2. The molecule has 2 unspecified atom stereocenters. The fourth-order valence-electron chi connectivity index (χ4n) is 6.78. The van der Waals surface area contributed by atoms with Gasteiger partial charge in [-0.1, -0.05) is 141 Å². The van der Waals surface area contributed by atoms with Crippen molar-refractivity contribution in [2.45, 2.75) is 194 Å². The summed E-state index contributed by atoms with van der Waals surface area (Å²) >= 11 is 0. The highest BCUT2D eigenvalue weighted by Gasteiger charge is 2.32. The van der Waals surface area contributed by atoms with E-state index in [1.807, 2.05) is 0 Å². The molecule has 0 aliphatic carbocycles. The second-order valence-corrected chi connectivity index (χ2v) is 14.8. The first-order chi connectivity index (χ1) is 23.6. The van der Waals surface area contributed by atoms with Gasteiger partial charge in [0.2, 0.25) is 0 Å². The van der Waals surface area contributed by atoms with E-state index in [9.17, 15) is 9.59 Å². The molecule has 0 spiro atoms. The number of carbonyl (C=O) groups is 2. The van der Waals surface area contributed by atoms with Crippen molar-refractivity contribution in [2.24, 2.45) is 11.8 Å². The highest BCUT2D eigenvalue weighted by atomic mass is 16.5. The van der Waals surface area contributed by atoms with Gasteiger partial charge in [0.15, 0.2) is 0 Å². The Kier molecular flexibility index (Phi) is 31.3. The SMILES string of the molecule is CCCCCCCCC=CCCCCCCCC(=O)OCC1CN(C)CC1COC(=O)CCCCCCCC=CCCCCCCCC. The Morgan fingerprint density at radius 2 is 0.771 bits per heavy atom. The third-order valence-electron chi connectivity index (χ3n) is 9.96. The molecular weight excluding hydrogens is 594 g/mol. The molecule has 0 radical (unpaired) electrons. The van der Waals surface area contributed by atoms with Crippen LogP contribution in [0.3, 0.4) is 0 Å². The lowest BCUT2D eigenvalue weighted by Crippen LogP contribution is -2.25. The number of esters is 2. The van der Waals surface area contributed by atoms with E-state index in [-0.39, 0.29) is 23.8 Å². The number of hydrogen-bond acceptors (Lipinski definition) is 5. The van der Waals surface area contributed by atoms with Crippen molar-refractivity contribution in [1.82, 2.24) is 4.90 Å². The van der Waals surface area contributed by atoms with Gasteiger partial charge in [0, 0.05) is 37.8 Å². The van der Waals surface area contributed by atoms with Crippen LogP contribution in [0.2, 0.25) is 0 Å². The van der Waals surface area contributed by atoms with Gasteiger partial charge in [-0.2, -0.15) is 0 Å². The van der Waals surface area contributed by atoms with Crippen molar-refractivity contribution in [3.05, 3.63) is 24.3 Å². The summed E-state index contributed by atoms with van der Waals surface area (Å²) in [6, 6.07) is 0. The van der Waals surface area contributed by atoms with Gasteiger partial charge in [-0.15, -0.1) is 0 Å². The van der Waals surface area contributed by atoms with E-state index in [1.54, 1.807) is 0 Å². The second-order valence-electron chi connectivity index (χ2n) is 14.8. The molecule has 0 aromatic heterocycles. The Labute approximate surface area is 298 Å². The molecule has 280 valence electrons. The van der Waals surface area contributed by atoms with Crippen LogP contribution in [0.15, 0.2) is 24.3 Å². The average molecular weight is 674 g/mol. The minimum Gasteiger partial charge on any atom is -0.465 e. The first-order valence-corrected chi connectivity index (χ1v) is 20.9. The van der Waals surface area contributed by atoms with Gasteiger partial charge < -0.3 is 14.4 Å². The van der Waals surface area contributed by atoms with Crippen LogP contribution >= 0.6 is 0 Å². The Morgan fingerprint density at radius 1 is 0.479 bits per heavy atom. The zero-order valence-electron chi connectivity index (χ0n) is 32.2. The molecule has 0 saturated carbocycles. The topological polar surface area (TPSA) is 55.8 Å². The molecule has 1 rings (SSSR count). The van der Waals surface area contributed by atoms with Crippen LogP contribution in [0.4, 0.5) is 0 Å². The molecule has 0 aromatic carbocycles. The van der Waals surface area contributed by atoms with Crippen molar-refractivity contribution in [3.63, 3.8) is 0 Å². The third kappa shape index (κ3) is 28.2. The molecule has 0 aromatic rings. The molecular formula is C43H79NO4. The summed E-state index contributed by atoms with van der Waals surface area (Å²) in [6.45, 7) is 7.18. The minimum absolute atomic E-state index is 0.0814. The summed E-state index contributed by atoms with van der Waals surface area (Å²) in [5, 5.41) is 0. The number of ether oxygens (including phenoxy) is 2. The lowest BCUT2D eigenvalue weighted by atomic mass is 9.98. The molecule has 0 amide bonds. The van der Waals surface area contributed by atoms with Crippen LogP contribution in [0.25, 0.3) is 0 Å². The Bertz CT molecular complexity index is 730. The predicted molar refractivity (Wildman–Crippen MR) is 205 cm³/mol. The van der Waals surface area contributed by atoms with Crippen LogP contribution < -0.4 is 0 Å². The fraction of sp³-hybridized carbons (Fsp3) is 0.860. The minimum atomic E-state index is -0.0814. The molecule has 48 heavy (non-hydrogen) atoms. The van der Waals surface area contributed by atoms with Crippen LogP contribution in [-0.4, -0.2) is 50.2 Å². The quantitative estimate of drug-likeness (QED) is 0.0386. The summed E-state index contributed by atoms with van der Waals surface area (Å²) in [6.07, 6.45) is 43.1. The van der Waals surface area contributed by atoms with Crippen LogP contribution in [0.5, 0.6) is 0 Å². The number of rotatable bonds is 34. The summed E-state index contributed by atoms with van der Waals surface area (Å²) in [5.41, 5.74) is 0. The highest BCUT2D eigenvalue weighted by Crippen LogP contribution is 2.24. The molecule has 1 aliphatic heterocycles. The number of unbranched alkanes of at least 4 members (excludes halogenated alkanes) is 22. The summed E-state index contributed by atoms with van der Waals surface area (Å²) in [7, 11) is 2.09. The summed E-state index contributed by atoms with van der Waals surface area (Å²) < 4.78 is 11.3. The third-order valence-corrected chi connectivity index (χ3v) is 9.96. The monoisotopic (exact) mass is 674 g/mol. The molecule has 1 saturated heterocycles. The molecule has 1 heterocycles. The van der Waals surface area contributed by atoms with Crippen LogP contribution in [0.1, 0.15) is 194 Å². The van der Waals surface area contributed by atoms with E-state index >= 15 is 0 Å². The lowest BCUT2D eigenvalue weighted by molar-refractivity contribution is -0.149. The van der Waals surface area contributed by atoms with Crippen LogP contribution in [0, 0.1) is 11.8 Å². The normalized spacial score (nSPS) is 16.8. The van der Waals surface area contributed by atoms with Gasteiger partial charge in [-0.25, -0.2) is 0 Å². The summed E-state index contributed by atoms with van der Waals surface area (Å²) in [4.78, 5) is 27.0. The van der Waals surface area contributed by atoms with E-state index in [0.717, 1.165) is 38.8 Å². The molecule has 1 fully saturated rings.